The van der Waals surface area contributed by atoms with Gasteiger partial charge < -0.3 is 45.3 Å². The van der Waals surface area contributed by atoms with Crippen molar-refractivity contribution in [1.29, 1.82) is 0 Å². The summed E-state index contributed by atoms with van der Waals surface area (Å²) in [7, 11) is 1.22. The van der Waals surface area contributed by atoms with Crippen LogP contribution in [0.3, 0.4) is 0 Å². The zero-order valence-corrected chi connectivity index (χ0v) is 21.3. The first-order valence-corrected chi connectivity index (χ1v) is 12.8. The van der Waals surface area contributed by atoms with Crippen molar-refractivity contribution in [1.82, 2.24) is 14.9 Å². The van der Waals surface area contributed by atoms with E-state index in [2.05, 4.69) is 5.32 Å². The van der Waals surface area contributed by atoms with Gasteiger partial charge in [0.05, 0.1) is 0 Å². The van der Waals surface area contributed by atoms with E-state index in [0.29, 0.717) is 0 Å². The molecule has 2 amide bonds. The molecule has 39 heavy (non-hydrogen) atoms. The fraction of sp³-hybridized carbons (Fsp3) is 0.667. The van der Waals surface area contributed by atoms with Gasteiger partial charge in [0.25, 0.3) is 11.5 Å². The quantitative estimate of drug-likeness (QED) is 0.184. The van der Waals surface area contributed by atoms with Crippen LogP contribution in [0.25, 0.3) is 0 Å². The lowest BCUT2D eigenvalue weighted by atomic mass is 10.0. The van der Waals surface area contributed by atoms with Gasteiger partial charge >= 0.3 is 5.69 Å². The predicted octanol–water partition coefficient (Wildman–Crippen LogP) is -2.52. The smallest absolute Gasteiger partial charge is 0.330 e. The summed E-state index contributed by atoms with van der Waals surface area (Å²) in [6, 6.07) is 0.964. The summed E-state index contributed by atoms with van der Waals surface area (Å²) in [6.07, 6.45) is -4.51. The summed E-state index contributed by atoms with van der Waals surface area (Å²) in [5.41, 5.74) is 3.99. The molecular weight excluding hydrogens is 520 g/mol. The van der Waals surface area contributed by atoms with Gasteiger partial charge in [0.1, 0.15) is 30.5 Å². The van der Waals surface area contributed by atoms with E-state index >= 15 is 0 Å². The second-order valence-corrected chi connectivity index (χ2v) is 9.82. The van der Waals surface area contributed by atoms with Crippen LogP contribution in [0.1, 0.15) is 44.8 Å². The Kier molecular flexibility index (Phi) is 9.19. The number of rotatable bonds is 8. The third-order valence-electron chi connectivity index (χ3n) is 7.11. The van der Waals surface area contributed by atoms with Crippen LogP contribution in [0.5, 0.6) is 0 Å². The highest BCUT2D eigenvalue weighted by Crippen LogP contribution is 2.34. The number of hydrogen-bond donors (Lipinski definition) is 6. The van der Waals surface area contributed by atoms with E-state index in [-0.39, 0.29) is 11.8 Å². The molecule has 0 radical (unpaired) electrons. The molecular formula is C24H34N4O11. The molecule has 15 heteroatoms. The van der Waals surface area contributed by atoms with Crippen LogP contribution < -0.4 is 22.3 Å². The molecule has 8 atom stereocenters. The first kappa shape index (κ1) is 28.9. The Morgan fingerprint density at radius 1 is 1.15 bits per heavy atom. The number of ether oxygens (including phenoxy) is 4. The molecule has 0 unspecified atom stereocenters. The van der Waals surface area contributed by atoms with Gasteiger partial charge in [-0.05, 0) is 18.9 Å². The number of carbonyl (C=O) groups is 2. The number of aliphatic hydroxyl groups is 3. The zero-order chi connectivity index (χ0) is 28.3. The minimum Gasteiger partial charge on any atom is -0.456 e. The Balaban J connectivity index is 1.51. The van der Waals surface area contributed by atoms with Gasteiger partial charge in [0.15, 0.2) is 18.1 Å². The predicted molar refractivity (Wildman–Crippen MR) is 131 cm³/mol. The average Bonchev–Trinajstić information content (AvgIpc) is 3.03. The van der Waals surface area contributed by atoms with E-state index in [1.54, 1.807) is 0 Å². The van der Waals surface area contributed by atoms with Crippen LogP contribution in [0.15, 0.2) is 33.7 Å². The van der Waals surface area contributed by atoms with Crippen LogP contribution in [0.4, 0.5) is 0 Å². The van der Waals surface area contributed by atoms with Gasteiger partial charge in [-0.15, -0.1) is 0 Å². The number of methoxy groups -OCH3 is 1. The first-order chi connectivity index (χ1) is 18.6. The molecule has 1 aliphatic carbocycles. The molecule has 1 saturated carbocycles. The number of aliphatic hydroxyl groups excluding tert-OH is 3. The Hall–Kier alpha value is -3.08. The number of hydrogen-bond acceptors (Lipinski definition) is 11. The number of nitrogens with two attached hydrogens (primary N) is 1. The van der Waals surface area contributed by atoms with Crippen molar-refractivity contribution in [3.05, 3.63) is 44.9 Å². The van der Waals surface area contributed by atoms with Gasteiger partial charge in [-0.25, -0.2) is 4.79 Å². The molecule has 0 aromatic carbocycles. The SMILES string of the molecule is CO[C@H]1[C@@H](O)[C@H](n2ccc(=O)[nH]c2=O)O[C@@H]1[C@@H](O[C@H]1OC(C(=O)NC2CCCCCC2)=C[C@H](O)[C@@H]1O)C(N)=O. The van der Waals surface area contributed by atoms with Crippen LogP contribution in [-0.4, -0.2) is 92.8 Å². The molecule has 7 N–H and O–H groups in total. The number of H-pyrrole nitrogens is 1. The average molecular weight is 555 g/mol. The Labute approximate surface area is 222 Å². The van der Waals surface area contributed by atoms with E-state index in [1.165, 1.54) is 7.11 Å². The molecule has 0 bridgehead atoms. The van der Waals surface area contributed by atoms with Crippen LogP contribution in [0.2, 0.25) is 0 Å². The lowest BCUT2D eigenvalue weighted by Gasteiger charge is -2.35. The monoisotopic (exact) mass is 554 g/mol. The van der Waals surface area contributed by atoms with E-state index in [9.17, 15) is 34.5 Å². The Morgan fingerprint density at radius 3 is 2.46 bits per heavy atom. The Morgan fingerprint density at radius 2 is 1.85 bits per heavy atom. The van der Waals surface area contributed by atoms with Crippen molar-refractivity contribution in [2.45, 2.75) is 93.7 Å². The summed E-state index contributed by atoms with van der Waals surface area (Å²) in [6.45, 7) is 0. The molecule has 216 valence electrons. The number of carbonyl (C=O) groups excluding carboxylic acids is 2. The molecule has 1 aromatic rings. The maximum Gasteiger partial charge on any atom is 0.330 e. The van der Waals surface area contributed by atoms with E-state index in [0.717, 1.165) is 61.4 Å². The zero-order valence-electron chi connectivity index (χ0n) is 21.3. The standard InChI is InChI=1S/C24H34N4O11/c1-36-17-16(32)22(28-9-8-14(30)27-24(28)35)38-18(17)19(20(25)33)39-23-15(31)12(29)10-13(37-23)21(34)26-11-6-4-2-3-5-7-11/h8-12,15-19,22-23,29,31-32H,2-7H2,1H3,(H2,25,33)(H,26,34)(H,27,30,35)/t12-,15-,16+,17-,18-,19+,22+,23+/m0/s1. The highest BCUT2D eigenvalue weighted by atomic mass is 16.7. The van der Waals surface area contributed by atoms with E-state index < -0.39 is 72.2 Å². The minimum absolute atomic E-state index is 0.0738. The molecule has 0 spiro atoms. The van der Waals surface area contributed by atoms with Crippen molar-refractivity contribution in [3.63, 3.8) is 0 Å². The van der Waals surface area contributed by atoms with Crippen molar-refractivity contribution in [3.8, 4) is 0 Å². The van der Waals surface area contributed by atoms with Crippen LogP contribution in [-0.2, 0) is 28.5 Å². The highest BCUT2D eigenvalue weighted by molar-refractivity contribution is 5.92. The van der Waals surface area contributed by atoms with Gasteiger partial charge in [-0.3, -0.25) is 23.9 Å². The second kappa shape index (κ2) is 12.4. The molecule has 2 fully saturated rings. The van der Waals surface area contributed by atoms with Gasteiger partial charge in [-0.2, -0.15) is 0 Å². The maximum atomic E-state index is 12.9. The fourth-order valence-electron chi connectivity index (χ4n) is 5.07. The van der Waals surface area contributed by atoms with Crippen molar-refractivity contribution in [2.75, 3.05) is 7.11 Å². The van der Waals surface area contributed by atoms with Gasteiger partial charge in [-0.1, -0.05) is 25.7 Å². The summed E-state index contributed by atoms with van der Waals surface area (Å²) in [4.78, 5) is 51.0. The molecule has 3 heterocycles. The topological polar surface area (TPSA) is 225 Å². The largest absolute Gasteiger partial charge is 0.456 e. The summed E-state index contributed by atoms with van der Waals surface area (Å²) >= 11 is 0. The number of nitrogens with zero attached hydrogens (tertiary/aromatic N) is 1. The Bertz CT molecular complexity index is 1180. The third-order valence-corrected chi connectivity index (χ3v) is 7.11. The van der Waals surface area contributed by atoms with Crippen LogP contribution in [0, 0.1) is 0 Å². The van der Waals surface area contributed by atoms with E-state index in [4.69, 9.17) is 24.7 Å². The second-order valence-electron chi connectivity index (χ2n) is 9.82. The number of aromatic nitrogens is 2. The number of nitrogens with one attached hydrogen (secondary N) is 2. The molecule has 1 saturated heterocycles. The normalized spacial score (nSPS) is 32.5. The van der Waals surface area contributed by atoms with Crippen molar-refractivity contribution < 1.29 is 43.9 Å². The molecule has 1 aromatic heterocycles. The minimum atomic E-state index is -1.73. The molecule has 4 rings (SSSR count). The van der Waals surface area contributed by atoms with Gasteiger partial charge in [0, 0.05) is 25.4 Å². The number of primary amides is 1. The highest BCUT2D eigenvalue weighted by Gasteiger charge is 2.52. The van der Waals surface area contributed by atoms with Gasteiger partial charge in [0.2, 0.25) is 12.2 Å². The molecule has 2 aliphatic heterocycles. The third kappa shape index (κ3) is 6.40. The number of amides is 2. The fourth-order valence-corrected chi connectivity index (χ4v) is 5.07. The summed E-state index contributed by atoms with van der Waals surface area (Å²) in [5, 5.41) is 34.5. The molecule has 3 aliphatic rings. The lowest BCUT2D eigenvalue weighted by Crippen LogP contribution is -2.54. The summed E-state index contributed by atoms with van der Waals surface area (Å²) < 4.78 is 23.1. The number of aromatic amines is 1. The van der Waals surface area contributed by atoms with Crippen molar-refractivity contribution in [2.24, 2.45) is 5.73 Å². The summed E-state index contributed by atoms with van der Waals surface area (Å²) in [5.74, 6) is -2.02. The van der Waals surface area contributed by atoms with Crippen LogP contribution >= 0.6 is 0 Å². The first-order valence-electron chi connectivity index (χ1n) is 12.8. The maximum absolute atomic E-state index is 12.9. The van der Waals surface area contributed by atoms with E-state index in [1.807, 2.05) is 4.98 Å². The molecule has 15 nitrogen and oxygen atoms in total. The van der Waals surface area contributed by atoms with Crippen molar-refractivity contribution >= 4 is 11.8 Å². The lowest BCUT2D eigenvalue weighted by molar-refractivity contribution is -0.241.